The summed E-state index contributed by atoms with van der Waals surface area (Å²) >= 11 is 1.11. The molecular formula is C17H11NO3S2. The molecule has 0 saturated heterocycles. The van der Waals surface area contributed by atoms with Crippen molar-refractivity contribution in [2.45, 2.75) is 9.10 Å². The van der Waals surface area contributed by atoms with Gasteiger partial charge in [-0.15, -0.1) is 11.3 Å². The fourth-order valence-corrected chi connectivity index (χ4v) is 5.54. The number of hydrogen-bond donors (Lipinski definition) is 1. The van der Waals surface area contributed by atoms with Gasteiger partial charge in [0.1, 0.15) is 4.21 Å². The monoisotopic (exact) mass is 341 g/mol. The van der Waals surface area contributed by atoms with Crippen LogP contribution in [0.1, 0.15) is 0 Å². The molecule has 4 aromatic rings. The highest BCUT2D eigenvalue weighted by atomic mass is 32.2. The molecule has 23 heavy (non-hydrogen) atoms. The first-order valence-corrected chi connectivity index (χ1v) is 9.21. The standard InChI is InChI=1S/C17H11NO3S2/c19-14-9-17(22-15-8-4-2-6-12(14)15)23(20,21)16-10-18-13-7-3-1-5-11(13)16/h1-10,18H. The zero-order valence-corrected chi connectivity index (χ0v) is 13.4. The smallest absolute Gasteiger partial charge is 0.218 e. The molecule has 1 N–H and O–H groups in total. The van der Waals surface area contributed by atoms with Crippen LogP contribution in [0.5, 0.6) is 0 Å². The van der Waals surface area contributed by atoms with E-state index in [0.717, 1.165) is 16.9 Å². The number of aromatic nitrogens is 1. The molecule has 0 aliphatic heterocycles. The SMILES string of the molecule is O=c1cc(S(=O)(=O)c2c[nH]c3ccccc23)sc2ccccc12. The molecule has 4 nitrogen and oxygen atoms in total. The third-order valence-electron chi connectivity index (χ3n) is 3.72. The number of sulfone groups is 1. The first-order valence-electron chi connectivity index (χ1n) is 6.91. The predicted molar refractivity (Wildman–Crippen MR) is 91.8 cm³/mol. The van der Waals surface area contributed by atoms with Crippen LogP contribution in [-0.2, 0) is 9.84 Å². The van der Waals surface area contributed by atoms with Crippen molar-refractivity contribution in [2.24, 2.45) is 0 Å². The minimum absolute atomic E-state index is 0.0611. The highest BCUT2D eigenvalue weighted by molar-refractivity contribution is 7.93. The van der Waals surface area contributed by atoms with E-state index in [2.05, 4.69) is 4.98 Å². The number of fused-ring (bicyclic) bond motifs is 2. The molecule has 0 unspecified atom stereocenters. The van der Waals surface area contributed by atoms with Gasteiger partial charge in [0.25, 0.3) is 0 Å². The van der Waals surface area contributed by atoms with Crippen molar-refractivity contribution in [3.05, 3.63) is 71.0 Å². The first-order chi connectivity index (χ1) is 11.1. The maximum absolute atomic E-state index is 13.0. The Balaban J connectivity index is 2.01. The molecule has 0 bridgehead atoms. The number of aromatic amines is 1. The van der Waals surface area contributed by atoms with Crippen LogP contribution in [0.3, 0.4) is 0 Å². The van der Waals surface area contributed by atoms with E-state index in [9.17, 15) is 13.2 Å². The molecule has 114 valence electrons. The van der Waals surface area contributed by atoms with Crippen LogP contribution in [-0.4, -0.2) is 13.4 Å². The van der Waals surface area contributed by atoms with Crippen LogP contribution < -0.4 is 5.43 Å². The largest absolute Gasteiger partial charge is 0.360 e. The highest BCUT2D eigenvalue weighted by Gasteiger charge is 2.23. The summed E-state index contributed by atoms with van der Waals surface area (Å²) in [7, 11) is -3.75. The normalized spacial score (nSPS) is 12.0. The topological polar surface area (TPSA) is 67.0 Å². The molecule has 0 atom stereocenters. The molecule has 0 spiro atoms. The lowest BCUT2D eigenvalue weighted by Crippen LogP contribution is -2.06. The Morgan fingerprint density at radius 1 is 0.913 bits per heavy atom. The fourth-order valence-electron chi connectivity index (χ4n) is 2.59. The van der Waals surface area contributed by atoms with Crippen molar-refractivity contribution in [3.8, 4) is 0 Å². The Labute approximate surface area is 135 Å². The van der Waals surface area contributed by atoms with Gasteiger partial charge < -0.3 is 4.98 Å². The van der Waals surface area contributed by atoms with Crippen molar-refractivity contribution in [3.63, 3.8) is 0 Å². The summed E-state index contributed by atoms with van der Waals surface area (Å²) in [5.74, 6) is 0. The summed E-state index contributed by atoms with van der Waals surface area (Å²) in [6, 6.07) is 15.4. The molecule has 0 aliphatic carbocycles. The van der Waals surface area contributed by atoms with Gasteiger partial charge in [0, 0.05) is 33.3 Å². The van der Waals surface area contributed by atoms with Crippen LogP contribution in [0.15, 0.2) is 74.7 Å². The van der Waals surface area contributed by atoms with Crippen LogP contribution in [0.4, 0.5) is 0 Å². The van der Waals surface area contributed by atoms with Crippen molar-refractivity contribution in [2.75, 3.05) is 0 Å². The van der Waals surface area contributed by atoms with Crippen LogP contribution in [0.2, 0.25) is 0 Å². The Morgan fingerprint density at radius 3 is 2.43 bits per heavy atom. The third kappa shape index (κ3) is 2.18. The second kappa shape index (κ2) is 5.04. The summed E-state index contributed by atoms with van der Waals surface area (Å²) in [6.07, 6.45) is 1.48. The van der Waals surface area contributed by atoms with Crippen molar-refractivity contribution >= 4 is 42.2 Å². The number of nitrogens with one attached hydrogen (secondary N) is 1. The molecule has 6 heteroatoms. The molecule has 2 aromatic carbocycles. The van der Waals surface area contributed by atoms with Gasteiger partial charge in [0.05, 0.1) is 4.90 Å². The van der Waals surface area contributed by atoms with Crippen molar-refractivity contribution < 1.29 is 8.42 Å². The van der Waals surface area contributed by atoms with E-state index in [4.69, 9.17) is 0 Å². The molecule has 4 rings (SSSR count). The van der Waals surface area contributed by atoms with Crippen LogP contribution in [0.25, 0.3) is 21.0 Å². The summed E-state index contributed by atoms with van der Waals surface area (Å²) in [6.45, 7) is 0. The predicted octanol–water partition coefficient (Wildman–Crippen LogP) is 3.58. The lowest BCUT2D eigenvalue weighted by molar-refractivity contribution is 0.599. The maximum Gasteiger partial charge on any atom is 0.218 e. The molecule has 0 fully saturated rings. The first kappa shape index (κ1) is 14.2. The summed E-state index contributed by atoms with van der Waals surface area (Å²) in [4.78, 5) is 15.4. The number of hydrogen-bond acceptors (Lipinski definition) is 4. The minimum Gasteiger partial charge on any atom is -0.360 e. The fraction of sp³-hybridized carbons (Fsp3) is 0. The second-order valence-electron chi connectivity index (χ2n) is 5.13. The lowest BCUT2D eigenvalue weighted by Gasteiger charge is -2.04. The third-order valence-corrected chi connectivity index (χ3v) is 7.09. The van der Waals surface area contributed by atoms with Gasteiger partial charge in [0.15, 0.2) is 5.43 Å². The Hall–Kier alpha value is -2.44. The Morgan fingerprint density at radius 2 is 1.61 bits per heavy atom. The molecule has 0 amide bonds. The van der Waals surface area contributed by atoms with Crippen LogP contribution >= 0.6 is 11.3 Å². The van der Waals surface area contributed by atoms with E-state index < -0.39 is 9.84 Å². The van der Waals surface area contributed by atoms with E-state index in [1.807, 2.05) is 12.1 Å². The minimum atomic E-state index is -3.75. The van der Waals surface area contributed by atoms with E-state index in [0.29, 0.717) is 15.5 Å². The summed E-state index contributed by atoms with van der Waals surface area (Å²) in [5.41, 5.74) is 0.469. The van der Waals surface area contributed by atoms with Gasteiger partial charge in [-0.2, -0.15) is 0 Å². The average molecular weight is 341 g/mol. The van der Waals surface area contributed by atoms with Crippen molar-refractivity contribution in [1.29, 1.82) is 0 Å². The Bertz CT molecular complexity index is 1200. The zero-order chi connectivity index (χ0) is 16.0. The van der Waals surface area contributed by atoms with E-state index >= 15 is 0 Å². The number of rotatable bonds is 2. The molecule has 0 aliphatic rings. The summed E-state index contributed by atoms with van der Waals surface area (Å²) in [5, 5.41) is 1.16. The molecule has 0 saturated carbocycles. The highest BCUT2D eigenvalue weighted by Crippen LogP contribution is 2.31. The lowest BCUT2D eigenvalue weighted by atomic mass is 10.2. The van der Waals surface area contributed by atoms with E-state index in [1.54, 1.807) is 36.4 Å². The van der Waals surface area contributed by atoms with Crippen LogP contribution in [0, 0.1) is 0 Å². The number of benzene rings is 2. The van der Waals surface area contributed by atoms with Gasteiger partial charge in [-0.05, 0) is 18.2 Å². The molecular weight excluding hydrogens is 330 g/mol. The second-order valence-corrected chi connectivity index (χ2v) is 8.36. The Kier molecular flexibility index (Phi) is 3.11. The maximum atomic E-state index is 13.0. The zero-order valence-electron chi connectivity index (χ0n) is 11.8. The molecule has 0 radical (unpaired) electrons. The van der Waals surface area contributed by atoms with Crippen molar-refractivity contribution in [1.82, 2.24) is 4.98 Å². The number of para-hydroxylation sites is 1. The quantitative estimate of drug-likeness (QED) is 0.606. The van der Waals surface area contributed by atoms with E-state index in [1.165, 1.54) is 12.3 Å². The average Bonchev–Trinajstić information content (AvgIpc) is 2.99. The van der Waals surface area contributed by atoms with Gasteiger partial charge in [0.2, 0.25) is 9.84 Å². The van der Waals surface area contributed by atoms with E-state index in [-0.39, 0.29) is 14.5 Å². The van der Waals surface area contributed by atoms with Gasteiger partial charge in [-0.3, -0.25) is 4.79 Å². The molecule has 2 aromatic heterocycles. The van der Waals surface area contributed by atoms with Gasteiger partial charge in [-0.25, -0.2) is 8.42 Å². The van der Waals surface area contributed by atoms with Gasteiger partial charge in [-0.1, -0.05) is 30.3 Å². The summed E-state index contributed by atoms with van der Waals surface area (Å²) < 4.78 is 26.6. The van der Waals surface area contributed by atoms with Gasteiger partial charge >= 0.3 is 0 Å². The number of H-pyrrole nitrogens is 1. The molecule has 2 heterocycles.